The van der Waals surface area contributed by atoms with Crippen LogP contribution in [0.15, 0.2) is 59.8 Å². The zero-order chi connectivity index (χ0) is 15.6. The highest BCUT2D eigenvalue weighted by molar-refractivity contribution is 7.09. The summed E-state index contributed by atoms with van der Waals surface area (Å²) in [7, 11) is 0. The molecule has 2 atom stereocenters. The molecule has 2 unspecified atom stereocenters. The number of allylic oxidation sites excluding steroid dienone is 2. The highest BCUT2D eigenvalue weighted by atomic mass is 32.1. The third-order valence-corrected chi connectivity index (χ3v) is 4.85. The van der Waals surface area contributed by atoms with Gasteiger partial charge in [-0.25, -0.2) is 0 Å². The highest BCUT2D eigenvalue weighted by Crippen LogP contribution is 2.44. The van der Waals surface area contributed by atoms with Gasteiger partial charge in [0.05, 0.1) is 21.9 Å². The Morgan fingerprint density at radius 2 is 2.14 bits per heavy atom. The topological polar surface area (TPSA) is 56.9 Å². The van der Waals surface area contributed by atoms with Gasteiger partial charge in [-0.05, 0) is 30.1 Å². The molecule has 1 aromatic heterocycles. The van der Waals surface area contributed by atoms with Gasteiger partial charge in [0.2, 0.25) is 0 Å². The molecule has 2 aromatic rings. The zero-order valence-corrected chi connectivity index (χ0v) is 13.0. The van der Waals surface area contributed by atoms with Gasteiger partial charge >= 0.3 is 0 Å². The lowest BCUT2D eigenvalue weighted by atomic mass is 9.72. The maximum absolute atomic E-state index is 10.5. The van der Waals surface area contributed by atoms with Gasteiger partial charge in [0.15, 0.2) is 0 Å². The monoisotopic (exact) mass is 308 g/mol. The van der Waals surface area contributed by atoms with E-state index < -0.39 is 11.5 Å². The summed E-state index contributed by atoms with van der Waals surface area (Å²) in [6, 6.07) is 12.3. The lowest BCUT2D eigenvalue weighted by Crippen LogP contribution is -2.19. The van der Waals surface area contributed by atoms with Crippen LogP contribution in [0.5, 0.6) is 0 Å². The first-order chi connectivity index (χ1) is 10.6. The molecular weight excluding hydrogens is 292 g/mol. The average Bonchev–Trinajstić information content (AvgIpc) is 3.10. The first-order valence-electron chi connectivity index (χ1n) is 7.09. The van der Waals surface area contributed by atoms with Gasteiger partial charge in [-0.1, -0.05) is 42.5 Å². The summed E-state index contributed by atoms with van der Waals surface area (Å²) in [6.07, 6.45) is 5.50. The van der Waals surface area contributed by atoms with Crippen LogP contribution in [0.25, 0.3) is 5.57 Å². The van der Waals surface area contributed by atoms with Crippen LogP contribution in [-0.4, -0.2) is 10.1 Å². The van der Waals surface area contributed by atoms with E-state index in [1.807, 2.05) is 49.4 Å². The van der Waals surface area contributed by atoms with Gasteiger partial charge < -0.3 is 5.11 Å². The van der Waals surface area contributed by atoms with Crippen LogP contribution in [-0.2, 0) is 0 Å². The number of hydrogen-bond acceptors (Lipinski definition) is 4. The number of nitrogens with zero attached hydrogens (tertiary/aromatic N) is 2. The number of aromatic nitrogens is 1. The smallest absolute Gasteiger partial charge is 0.114 e. The van der Waals surface area contributed by atoms with Gasteiger partial charge in [0, 0.05) is 6.20 Å². The standard InChI is InChI=1S/C18H16N2OS/c1-18(11-19)8-7-14(17(21)16-10-20-12-22-16)9-15(18)13-5-3-2-4-6-13/h2-7,9-10,12,17,21H,8H2,1H3. The van der Waals surface area contributed by atoms with E-state index in [1.54, 1.807) is 11.7 Å². The fraction of sp³-hybridized carbons (Fsp3) is 0.222. The number of hydrogen-bond donors (Lipinski definition) is 1. The molecule has 22 heavy (non-hydrogen) atoms. The maximum Gasteiger partial charge on any atom is 0.114 e. The minimum Gasteiger partial charge on any atom is -0.383 e. The Morgan fingerprint density at radius 1 is 1.36 bits per heavy atom. The molecule has 3 nitrogen and oxygen atoms in total. The first kappa shape index (κ1) is 14.7. The van der Waals surface area contributed by atoms with Crippen LogP contribution in [0.1, 0.15) is 29.9 Å². The first-order valence-corrected chi connectivity index (χ1v) is 7.97. The number of rotatable bonds is 3. The van der Waals surface area contributed by atoms with E-state index in [1.165, 1.54) is 11.3 Å². The van der Waals surface area contributed by atoms with Crippen molar-refractivity contribution in [1.82, 2.24) is 4.98 Å². The lowest BCUT2D eigenvalue weighted by Gasteiger charge is -2.29. The van der Waals surface area contributed by atoms with Crippen molar-refractivity contribution >= 4 is 16.9 Å². The Bertz CT molecular complexity index is 756. The molecule has 4 heteroatoms. The van der Waals surface area contributed by atoms with Crippen LogP contribution in [0.4, 0.5) is 0 Å². The molecule has 1 heterocycles. The molecule has 0 saturated heterocycles. The minimum absolute atomic E-state index is 0.571. The van der Waals surface area contributed by atoms with Crippen molar-refractivity contribution in [3.63, 3.8) is 0 Å². The summed E-state index contributed by atoms with van der Waals surface area (Å²) >= 11 is 1.43. The molecule has 0 aliphatic heterocycles. The summed E-state index contributed by atoms with van der Waals surface area (Å²) < 4.78 is 0. The third kappa shape index (κ3) is 2.61. The van der Waals surface area contributed by atoms with Gasteiger partial charge in [0.25, 0.3) is 0 Å². The van der Waals surface area contributed by atoms with Crippen molar-refractivity contribution in [3.8, 4) is 6.07 Å². The molecule has 0 saturated carbocycles. The summed E-state index contributed by atoms with van der Waals surface area (Å²) in [5.74, 6) is 0. The Hall–Kier alpha value is -2.22. The number of aliphatic hydroxyl groups excluding tert-OH is 1. The van der Waals surface area contributed by atoms with Crippen molar-refractivity contribution in [2.24, 2.45) is 5.41 Å². The largest absolute Gasteiger partial charge is 0.383 e. The Kier molecular flexibility index (Phi) is 3.93. The Balaban J connectivity index is 2.03. The normalized spacial score (nSPS) is 22.4. The quantitative estimate of drug-likeness (QED) is 0.928. The summed E-state index contributed by atoms with van der Waals surface area (Å²) in [5.41, 5.74) is 3.95. The van der Waals surface area contributed by atoms with Gasteiger partial charge in [-0.3, -0.25) is 4.98 Å². The van der Waals surface area contributed by atoms with E-state index in [2.05, 4.69) is 11.1 Å². The summed E-state index contributed by atoms with van der Waals surface area (Å²) in [4.78, 5) is 4.83. The van der Waals surface area contributed by atoms with Crippen molar-refractivity contribution in [2.45, 2.75) is 19.4 Å². The summed E-state index contributed by atoms with van der Waals surface area (Å²) in [5, 5.41) is 20.1. The second-order valence-electron chi connectivity index (χ2n) is 5.58. The van der Waals surface area contributed by atoms with Crippen molar-refractivity contribution in [3.05, 3.63) is 70.2 Å². The molecule has 0 radical (unpaired) electrons. The maximum atomic E-state index is 10.5. The Morgan fingerprint density at radius 3 is 2.77 bits per heavy atom. The van der Waals surface area contributed by atoms with Crippen LogP contribution in [0, 0.1) is 16.7 Å². The molecule has 0 amide bonds. The fourth-order valence-electron chi connectivity index (χ4n) is 2.66. The second-order valence-corrected chi connectivity index (χ2v) is 6.50. The van der Waals surface area contributed by atoms with Crippen LogP contribution < -0.4 is 0 Å². The second kappa shape index (κ2) is 5.88. The predicted molar refractivity (Wildman–Crippen MR) is 87.9 cm³/mol. The van der Waals surface area contributed by atoms with Gasteiger partial charge in [0.1, 0.15) is 6.10 Å². The number of benzene rings is 1. The van der Waals surface area contributed by atoms with Crippen molar-refractivity contribution < 1.29 is 5.11 Å². The van der Waals surface area contributed by atoms with Crippen molar-refractivity contribution in [2.75, 3.05) is 0 Å². The molecule has 1 aliphatic rings. The number of thiazole rings is 1. The van der Waals surface area contributed by atoms with Crippen LogP contribution in [0.2, 0.25) is 0 Å². The molecule has 3 rings (SSSR count). The van der Waals surface area contributed by atoms with E-state index in [0.717, 1.165) is 21.6 Å². The minimum atomic E-state index is -0.686. The summed E-state index contributed by atoms with van der Waals surface area (Å²) in [6.45, 7) is 1.94. The van der Waals surface area contributed by atoms with Gasteiger partial charge in [-0.15, -0.1) is 11.3 Å². The molecule has 0 fully saturated rings. The van der Waals surface area contributed by atoms with Crippen LogP contribution >= 0.6 is 11.3 Å². The third-order valence-electron chi connectivity index (χ3n) is 4.02. The van der Waals surface area contributed by atoms with E-state index in [0.29, 0.717) is 6.42 Å². The zero-order valence-electron chi connectivity index (χ0n) is 12.2. The molecule has 110 valence electrons. The molecule has 0 spiro atoms. The van der Waals surface area contributed by atoms with E-state index in [-0.39, 0.29) is 0 Å². The van der Waals surface area contributed by atoms with Crippen molar-refractivity contribution in [1.29, 1.82) is 5.26 Å². The highest BCUT2D eigenvalue weighted by Gasteiger charge is 2.33. The molecule has 0 bridgehead atoms. The number of aliphatic hydroxyl groups is 1. The van der Waals surface area contributed by atoms with Gasteiger partial charge in [-0.2, -0.15) is 5.26 Å². The Labute approximate surface area is 133 Å². The van der Waals surface area contributed by atoms with E-state index in [4.69, 9.17) is 0 Å². The molecular formula is C18H16N2OS. The van der Waals surface area contributed by atoms with Crippen LogP contribution in [0.3, 0.4) is 0 Å². The molecule has 1 aromatic carbocycles. The van der Waals surface area contributed by atoms with E-state index >= 15 is 0 Å². The lowest BCUT2D eigenvalue weighted by molar-refractivity contribution is 0.222. The fourth-order valence-corrected chi connectivity index (χ4v) is 3.29. The average molecular weight is 308 g/mol. The molecule has 1 aliphatic carbocycles. The van der Waals surface area contributed by atoms with E-state index in [9.17, 15) is 10.4 Å². The molecule has 1 N–H and O–H groups in total. The SMILES string of the molecule is CC1(C#N)CC=C(C(O)c2cncs2)C=C1c1ccccc1. The number of nitriles is 1. The predicted octanol–water partition coefficient (Wildman–Crippen LogP) is 4.12.